The summed E-state index contributed by atoms with van der Waals surface area (Å²) in [5, 5.41) is 50.6. The molecule has 0 aliphatic rings. The Labute approximate surface area is 318 Å². The highest BCUT2D eigenvalue weighted by molar-refractivity contribution is 5.50. The van der Waals surface area contributed by atoms with Crippen LogP contribution in [0.1, 0.15) is 44.4 Å². The second-order valence-corrected chi connectivity index (χ2v) is 13.5. The van der Waals surface area contributed by atoms with E-state index in [1.807, 2.05) is 87.5 Å². The number of nitrogens with zero attached hydrogens (tertiary/aromatic N) is 6. The highest BCUT2D eigenvalue weighted by Gasteiger charge is 2.24. The van der Waals surface area contributed by atoms with Crippen molar-refractivity contribution >= 4 is 17.8 Å². The first kappa shape index (κ1) is 42.0. The highest BCUT2D eigenvalue weighted by Crippen LogP contribution is 2.29. The molecule has 5 N–H and O–H groups in total. The zero-order valence-electron chi connectivity index (χ0n) is 31.8. The zero-order chi connectivity index (χ0) is 38.9. The number of benzene rings is 3. The van der Waals surface area contributed by atoms with Crippen molar-refractivity contribution in [1.82, 2.24) is 15.0 Å². The molecule has 4 aromatic rings. The third-order valence-electron chi connectivity index (χ3n) is 8.08. The molecular weight excluding hydrogens is 692 g/mol. The van der Waals surface area contributed by atoms with Crippen molar-refractivity contribution < 1.29 is 39.7 Å². The molecule has 0 aliphatic heterocycles. The Morgan fingerprint density at radius 2 is 0.926 bits per heavy atom. The molecule has 2 atom stereocenters. The average molecular weight is 749 g/mol. The van der Waals surface area contributed by atoms with Crippen molar-refractivity contribution in [2.24, 2.45) is 5.92 Å². The fraction of sp³-hybridized carbons (Fsp3) is 0.475. The summed E-state index contributed by atoms with van der Waals surface area (Å²) in [6.45, 7) is 9.01. The number of aromatic nitrogens is 3. The smallest absolute Gasteiger partial charge is 0.232 e. The van der Waals surface area contributed by atoms with Crippen LogP contribution in [0.15, 0.2) is 72.8 Å². The Bertz CT molecular complexity index is 1690. The fourth-order valence-electron chi connectivity index (χ4n) is 5.61. The zero-order valence-corrected chi connectivity index (χ0v) is 31.8. The van der Waals surface area contributed by atoms with E-state index in [1.54, 1.807) is 13.8 Å². The van der Waals surface area contributed by atoms with Crippen molar-refractivity contribution in [2.45, 2.75) is 59.5 Å². The van der Waals surface area contributed by atoms with E-state index in [-0.39, 0.29) is 83.6 Å². The Kier molecular flexibility index (Phi) is 17.0. The lowest BCUT2D eigenvalue weighted by Crippen LogP contribution is -2.36. The molecule has 0 saturated carbocycles. The predicted molar refractivity (Wildman–Crippen MR) is 208 cm³/mol. The van der Waals surface area contributed by atoms with Crippen molar-refractivity contribution in [3.63, 3.8) is 0 Å². The van der Waals surface area contributed by atoms with Gasteiger partial charge in [0.05, 0.1) is 38.6 Å². The van der Waals surface area contributed by atoms with Gasteiger partial charge in [-0.05, 0) is 38.0 Å². The Morgan fingerprint density at radius 3 is 1.33 bits per heavy atom. The van der Waals surface area contributed by atoms with Gasteiger partial charge >= 0.3 is 0 Å². The van der Waals surface area contributed by atoms with Crippen LogP contribution in [0.2, 0.25) is 0 Å². The number of hydrogen-bond acceptors (Lipinski definition) is 14. The third kappa shape index (κ3) is 13.0. The molecule has 1 aromatic heterocycles. The molecule has 54 heavy (non-hydrogen) atoms. The molecule has 0 amide bonds. The Morgan fingerprint density at radius 1 is 0.519 bits per heavy atom. The number of aliphatic hydroxyl groups excluding tert-OH is 5. The molecule has 0 aliphatic carbocycles. The summed E-state index contributed by atoms with van der Waals surface area (Å²) >= 11 is 0. The van der Waals surface area contributed by atoms with Gasteiger partial charge in [-0.1, -0.05) is 68.4 Å². The normalized spacial score (nSPS) is 12.3. The summed E-state index contributed by atoms with van der Waals surface area (Å²) in [4.78, 5) is 20.3. The Hall–Kier alpha value is -4.73. The number of aliphatic hydroxyl groups is 5. The maximum absolute atomic E-state index is 10.7. The number of hydrogen-bond donors (Lipinski definition) is 5. The first-order valence-corrected chi connectivity index (χ1v) is 18.4. The molecule has 14 nitrogen and oxygen atoms in total. The Balaban J connectivity index is 1.85. The van der Waals surface area contributed by atoms with E-state index < -0.39 is 12.2 Å². The maximum Gasteiger partial charge on any atom is 0.232 e. The van der Waals surface area contributed by atoms with Crippen LogP contribution in [0.4, 0.5) is 17.8 Å². The molecule has 0 saturated heterocycles. The van der Waals surface area contributed by atoms with Crippen LogP contribution < -0.4 is 28.9 Å². The number of ether oxygens (including phenoxy) is 3. The largest absolute Gasteiger partial charge is 0.493 e. The minimum atomic E-state index is -0.756. The molecule has 14 heteroatoms. The van der Waals surface area contributed by atoms with Gasteiger partial charge in [-0.15, -0.1) is 0 Å². The minimum Gasteiger partial charge on any atom is -0.493 e. The van der Waals surface area contributed by atoms with E-state index in [9.17, 15) is 25.5 Å². The van der Waals surface area contributed by atoms with E-state index in [0.29, 0.717) is 36.3 Å². The first-order valence-electron chi connectivity index (χ1n) is 18.4. The van der Waals surface area contributed by atoms with Crippen LogP contribution in [-0.2, 0) is 19.6 Å². The van der Waals surface area contributed by atoms with Crippen LogP contribution in [-0.4, -0.2) is 112 Å². The van der Waals surface area contributed by atoms with E-state index in [2.05, 4.69) is 13.8 Å². The van der Waals surface area contributed by atoms with E-state index in [4.69, 9.17) is 29.2 Å². The molecule has 2 unspecified atom stereocenters. The van der Waals surface area contributed by atoms with Crippen molar-refractivity contribution in [3.05, 3.63) is 89.5 Å². The van der Waals surface area contributed by atoms with Crippen LogP contribution in [0, 0.1) is 5.92 Å². The van der Waals surface area contributed by atoms with Gasteiger partial charge in [0.2, 0.25) is 17.8 Å². The minimum absolute atomic E-state index is 0.105. The molecule has 3 aromatic carbocycles. The molecule has 0 bridgehead atoms. The third-order valence-corrected chi connectivity index (χ3v) is 8.08. The van der Waals surface area contributed by atoms with Gasteiger partial charge in [0.1, 0.15) is 30.5 Å². The topological polar surface area (TPSA) is 177 Å². The van der Waals surface area contributed by atoms with Gasteiger partial charge in [0.25, 0.3) is 0 Å². The van der Waals surface area contributed by atoms with E-state index in [1.165, 1.54) is 0 Å². The lowest BCUT2D eigenvalue weighted by molar-refractivity contribution is 0.122. The maximum atomic E-state index is 10.7. The highest BCUT2D eigenvalue weighted by atomic mass is 16.5. The first-order chi connectivity index (χ1) is 26.1. The van der Waals surface area contributed by atoms with E-state index >= 15 is 0 Å². The fourth-order valence-corrected chi connectivity index (χ4v) is 5.61. The van der Waals surface area contributed by atoms with Gasteiger partial charge in [0.15, 0.2) is 0 Å². The van der Waals surface area contributed by atoms with Gasteiger partial charge in [0, 0.05) is 56.0 Å². The molecule has 1 heterocycles. The molecule has 294 valence electrons. The SMILES string of the molecule is CC(C)COc1ccccc1CN(CC(C)O)c1nc(N(CCO)Cc2ccccc2OCCO)nc(N(CCO)Cc2ccccc2OCC(C)O)n1. The average Bonchev–Trinajstić information content (AvgIpc) is 3.15. The molecule has 0 spiro atoms. The van der Waals surface area contributed by atoms with E-state index in [0.717, 1.165) is 16.7 Å². The predicted octanol–water partition coefficient (Wildman–Crippen LogP) is 3.42. The van der Waals surface area contributed by atoms with Crippen LogP contribution in [0.3, 0.4) is 0 Å². The standard InChI is InChI=1S/C40H56N6O8/c1-29(2)27-53-36-15-9-7-13-34(36)26-46(23-30(3)50)40-42-38(44(17-19-47)24-32-11-5-8-14-35(32)52-22-21-49)41-39(43-40)45(18-20-48)25-33-12-6-10-16-37(33)54-28-31(4)51/h5-16,29-31,47-51H,17-28H2,1-4H3. The summed E-state index contributed by atoms with van der Waals surface area (Å²) in [6.07, 6.45) is -1.43. The molecule has 0 fully saturated rings. The number of anilines is 3. The quantitative estimate of drug-likeness (QED) is 0.0705. The monoisotopic (exact) mass is 748 g/mol. The summed E-state index contributed by atoms with van der Waals surface area (Å²) in [5.41, 5.74) is 2.45. The summed E-state index contributed by atoms with van der Waals surface area (Å²) < 4.78 is 17.9. The van der Waals surface area contributed by atoms with Crippen molar-refractivity contribution in [1.29, 1.82) is 0 Å². The van der Waals surface area contributed by atoms with Gasteiger partial charge in [-0.2, -0.15) is 15.0 Å². The van der Waals surface area contributed by atoms with Crippen LogP contribution in [0.25, 0.3) is 0 Å². The van der Waals surface area contributed by atoms with Gasteiger partial charge in [-0.3, -0.25) is 0 Å². The number of para-hydroxylation sites is 3. The molecule has 0 radical (unpaired) electrons. The van der Waals surface area contributed by atoms with Gasteiger partial charge in [-0.25, -0.2) is 0 Å². The molecular formula is C40H56N6O8. The van der Waals surface area contributed by atoms with Crippen molar-refractivity contribution in [2.75, 3.05) is 74.0 Å². The molecule has 4 rings (SSSR count). The van der Waals surface area contributed by atoms with Gasteiger partial charge < -0.3 is 54.4 Å². The summed E-state index contributed by atoms with van der Waals surface area (Å²) in [5.74, 6) is 2.96. The van der Waals surface area contributed by atoms with Crippen LogP contribution in [0.5, 0.6) is 17.2 Å². The number of rotatable bonds is 24. The second kappa shape index (κ2) is 21.8. The summed E-state index contributed by atoms with van der Waals surface area (Å²) in [7, 11) is 0. The summed E-state index contributed by atoms with van der Waals surface area (Å²) in [6, 6.07) is 22.6. The lowest BCUT2D eigenvalue weighted by Gasteiger charge is -2.30. The lowest BCUT2D eigenvalue weighted by atomic mass is 10.1. The van der Waals surface area contributed by atoms with Crippen molar-refractivity contribution in [3.8, 4) is 17.2 Å². The second-order valence-electron chi connectivity index (χ2n) is 13.5. The van der Waals surface area contributed by atoms with Crippen LogP contribution >= 0.6 is 0 Å².